The summed E-state index contributed by atoms with van der Waals surface area (Å²) in [5, 5.41) is 13.4. The Balaban J connectivity index is 2.30. The van der Waals surface area contributed by atoms with E-state index in [2.05, 4.69) is 10.3 Å². The van der Waals surface area contributed by atoms with Gasteiger partial charge in [0.2, 0.25) is 0 Å². The maximum absolute atomic E-state index is 12.3. The van der Waals surface area contributed by atoms with Gasteiger partial charge in [-0.15, -0.1) is 0 Å². The Morgan fingerprint density at radius 2 is 2.26 bits per heavy atom. The number of sulfonamides is 1. The van der Waals surface area contributed by atoms with Crippen molar-refractivity contribution in [2.24, 2.45) is 0 Å². The van der Waals surface area contributed by atoms with Crippen LogP contribution in [-0.4, -0.2) is 48.3 Å². The zero-order chi connectivity index (χ0) is 14.0. The Morgan fingerprint density at radius 3 is 2.79 bits per heavy atom. The minimum absolute atomic E-state index is 0.160. The molecule has 1 aromatic heterocycles. The number of aromatic nitrogens is 1. The molecule has 0 amide bonds. The van der Waals surface area contributed by atoms with E-state index in [1.54, 1.807) is 6.92 Å². The number of rotatable bonds is 3. The minimum Gasteiger partial charge on any atom is -0.314 e. The fourth-order valence-corrected chi connectivity index (χ4v) is 3.48. The van der Waals surface area contributed by atoms with Crippen LogP contribution in [0, 0.1) is 10.1 Å². The summed E-state index contributed by atoms with van der Waals surface area (Å²) in [6.07, 6.45) is 0.958. The van der Waals surface area contributed by atoms with E-state index in [0.29, 0.717) is 19.6 Å². The molecule has 19 heavy (non-hydrogen) atoms. The molecule has 8 nitrogen and oxygen atoms in total. The van der Waals surface area contributed by atoms with Gasteiger partial charge in [0.15, 0.2) is 5.03 Å². The van der Waals surface area contributed by atoms with E-state index < -0.39 is 14.9 Å². The lowest BCUT2D eigenvalue weighted by Gasteiger charge is -2.32. The average Bonchev–Trinajstić information content (AvgIpc) is 2.39. The summed E-state index contributed by atoms with van der Waals surface area (Å²) in [7, 11) is -3.69. The predicted molar refractivity (Wildman–Crippen MR) is 67.1 cm³/mol. The van der Waals surface area contributed by atoms with Gasteiger partial charge in [-0.3, -0.25) is 10.1 Å². The highest BCUT2D eigenvalue weighted by atomic mass is 32.2. The molecule has 0 spiro atoms. The zero-order valence-corrected chi connectivity index (χ0v) is 11.1. The first-order chi connectivity index (χ1) is 8.93. The van der Waals surface area contributed by atoms with Crippen LogP contribution in [0.15, 0.2) is 23.4 Å². The molecule has 0 saturated carbocycles. The van der Waals surface area contributed by atoms with Crippen LogP contribution in [0.1, 0.15) is 6.92 Å². The molecule has 1 aliphatic rings. The topological polar surface area (TPSA) is 105 Å². The number of pyridine rings is 1. The second-order valence-corrected chi connectivity index (χ2v) is 6.12. The fraction of sp³-hybridized carbons (Fsp3) is 0.500. The number of hydrogen-bond acceptors (Lipinski definition) is 6. The first kappa shape index (κ1) is 13.8. The largest absolute Gasteiger partial charge is 0.314 e. The summed E-state index contributed by atoms with van der Waals surface area (Å²) in [6.45, 7) is 3.32. The summed E-state index contributed by atoms with van der Waals surface area (Å²) >= 11 is 0. The second-order valence-electron chi connectivity index (χ2n) is 4.28. The Hall–Kier alpha value is -1.58. The van der Waals surface area contributed by atoms with Gasteiger partial charge in [-0.2, -0.15) is 4.31 Å². The molecule has 9 heteroatoms. The lowest BCUT2D eigenvalue weighted by atomic mass is 10.3. The molecule has 1 fully saturated rings. The molecule has 0 radical (unpaired) electrons. The van der Waals surface area contributed by atoms with E-state index in [4.69, 9.17) is 0 Å². The standard InChI is InChI=1S/C10H14N4O4S/c1-8-6-11-4-5-13(8)19(17,18)10-3-2-9(7-12-10)14(15)16/h2-3,7-8,11H,4-6H2,1H3. The predicted octanol–water partition coefficient (Wildman–Crippen LogP) is -0.0278. The van der Waals surface area contributed by atoms with Gasteiger partial charge in [-0.25, -0.2) is 13.4 Å². The van der Waals surface area contributed by atoms with Crippen molar-refractivity contribution in [1.29, 1.82) is 0 Å². The monoisotopic (exact) mass is 286 g/mol. The molecule has 2 heterocycles. The van der Waals surface area contributed by atoms with Gasteiger partial charge in [0.05, 0.1) is 4.92 Å². The van der Waals surface area contributed by atoms with Crippen molar-refractivity contribution < 1.29 is 13.3 Å². The summed E-state index contributed by atoms with van der Waals surface area (Å²) in [5.74, 6) is 0. The number of nitrogens with zero attached hydrogens (tertiary/aromatic N) is 3. The zero-order valence-electron chi connectivity index (χ0n) is 10.3. The number of piperazine rings is 1. The van der Waals surface area contributed by atoms with E-state index in [1.165, 1.54) is 10.4 Å². The van der Waals surface area contributed by atoms with E-state index in [9.17, 15) is 18.5 Å². The van der Waals surface area contributed by atoms with Crippen LogP contribution in [0.3, 0.4) is 0 Å². The van der Waals surface area contributed by atoms with E-state index >= 15 is 0 Å². The molecular weight excluding hydrogens is 272 g/mol. The average molecular weight is 286 g/mol. The van der Waals surface area contributed by atoms with Gasteiger partial charge in [-0.05, 0) is 13.0 Å². The van der Waals surface area contributed by atoms with Crippen molar-refractivity contribution in [2.45, 2.75) is 18.0 Å². The van der Waals surface area contributed by atoms with Crippen molar-refractivity contribution in [3.63, 3.8) is 0 Å². The van der Waals surface area contributed by atoms with E-state index in [0.717, 1.165) is 12.3 Å². The Kier molecular flexibility index (Phi) is 3.78. The van der Waals surface area contributed by atoms with Gasteiger partial charge < -0.3 is 5.32 Å². The van der Waals surface area contributed by atoms with Crippen LogP contribution in [0.5, 0.6) is 0 Å². The minimum atomic E-state index is -3.69. The quantitative estimate of drug-likeness (QED) is 0.618. The highest BCUT2D eigenvalue weighted by Crippen LogP contribution is 2.19. The van der Waals surface area contributed by atoms with Crippen molar-refractivity contribution in [2.75, 3.05) is 19.6 Å². The third kappa shape index (κ3) is 2.72. The van der Waals surface area contributed by atoms with Crippen molar-refractivity contribution in [3.05, 3.63) is 28.4 Å². The molecule has 1 aliphatic heterocycles. The van der Waals surface area contributed by atoms with Crippen molar-refractivity contribution in [1.82, 2.24) is 14.6 Å². The first-order valence-electron chi connectivity index (χ1n) is 5.76. The van der Waals surface area contributed by atoms with Gasteiger partial charge in [0.25, 0.3) is 15.7 Å². The van der Waals surface area contributed by atoms with Crippen molar-refractivity contribution >= 4 is 15.7 Å². The van der Waals surface area contributed by atoms with Crippen LogP contribution >= 0.6 is 0 Å². The molecule has 0 aliphatic carbocycles. The van der Waals surface area contributed by atoms with Gasteiger partial charge in [0.1, 0.15) is 6.20 Å². The summed E-state index contributed by atoms with van der Waals surface area (Å²) in [5.41, 5.74) is -0.229. The van der Waals surface area contributed by atoms with E-state index in [-0.39, 0.29) is 16.8 Å². The van der Waals surface area contributed by atoms with Gasteiger partial charge in [0, 0.05) is 31.7 Å². The number of nitrogens with one attached hydrogen (secondary N) is 1. The smallest absolute Gasteiger partial charge is 0.287 e. The molecular formula is C10H14N4O4S. The highest BCUT2D eigenvalue weighted by Gasteiger charge is 2.32. The van der Waals surface area contributed by atoms with Crippen LogP contribution in [0.2, 0.25) is 0 Å². The second kappa shape index (κ2) is 5.19. The molecule has 1 saturated heterocycles. The SMILES string of the molecule is CC1CNCCN1S(=O)(=O)c1ccc([N+](=O)[O-])cn1. The van der Waals surface area contributed by atoms with Crippen LogP contribution < -0.4 is 5.32 Å². The van der Waals surface area contributed by atoms with E-state index in [1.807, 2.05) is 0 Å². The van der Waals surface area contributed by atoms with Gasteiger partial charge in [-0.1, -0.05) is 0 Å². The molecule has 104 valence electrons. The third-order valence-electron chi connectivity index (χ3n) is 2.94. The summed E-state index contributed by atoms with van der Waals surface area (Å²) in [4.78, 5) is 13.6. The summed E-state index contributed by atoms with van der Waals surface area (Å²) in [6, 6.07) is 2.14. The van der Waals surface area contributed by atoms with Crippen molar-refractivity contribution in [3.8, 4) is 0 Å². The van der Waals surface area contributed by atoms with Crippen LogP contribution in [0.4, 0.5) is 5.69 Å². The lowest BCUT2D eigenvalue weighted by Crippen LogP contribution is -2.52. The molecule has 0 aromatic carbocycles. The molecule has 0 bridgehead atoms. The lowest BCUT2D eigenvalue weighted by molar-refractivity contribution is -0.385. The number of nitro groups is 1. The Morgan fingerprint density at radius 1 is 1.53 bits per heavy atom. The molecule has 1 unspecified atom stereocenters. The van der Waals surface area contributed by atoms with Crippen LogP contribution in [0.25, 0.3) is 0 Å². The molecule has 1 aromatic rings. The normalized spacial score (nSPS) is 21.2. The maximum Gasteiger partial charge on any atom is 0.287 e. The Bertz CT molecular complexity index is 572. The molecule has 2 rings (SSSR count). The van der Waals surface area contributed by atoms with Crippen LogP contribution in [-0.2, 0) is 10.0 Å². The Labute approximate surface area is 110 Å². The fourth-order valence-electron chi connectivity index (χ4n) is 1.93. The molecule has 1 atom stereocenters. The summed E-state index contributed by atoms with van der Waals surface area (Å²) < 4.78 is 26.0. The molecule has 1 N–H and O–H groups in total. The highest BCUT2D eigenvalue weighted by molar-refractivity contribution is 7.89. The third-order valence-corrected chi connectivity index (χ3v) is 4.87. The number of hydrogen-bond donors (Lipinski definition) is 1. The first-order valence-corrected chi connectivity index (χ1v) is 7.20. The van der Waals surface area contributed by atoms with Gasteiger partial charge >= 0.3 is 0 Å². The maximum atomic E-state index is 12.3.